The fraction of sp³-hybridized carbons (Fsp3) is 0.471. The maximum Gasteiger partial charge on any atom is 0.0702 e. The Kier molecular flexibility index (Phi) is 5.22. The molecule has 1 aromatic heterocycles. The zero-order valence-corrected chi connectivity index (χ0v) is 15.0. The molecule has 0 saturated carbocycles. The molecule has 0 fully saturated rings. The molecule has 2 aromatic rings. The number of likely N-dealkylation sites (N-methyl/N-ethyl adjacent to an activating group) is 1. The molecule has 0 amide bonds. The molecule has 1 atom stereocenters. The minimum Gasteiger partial charge on any atom is -0.311 e. The molecule has 0 saturated heterocycles. The van der Waals surface area contributed by atoms with E-state index in [0.717, 1.165) is 10.9 Å². The van der Waals surface area contributed by atoms with Crippen LogP contribution in [0.25, 0.3) is 0 Å². The lowest BCUT2D eigenvalue weighted by atomic mass is 9.99. The van der Waals surface area contributed by atoms with Crippen LogP contribution in [0.2, 0.25) is 0 Å². The zero-order chi connectivity index (χ0) is 15.6. The highest BCUT2D eigenvalue weighted by atomic mass is 79.9. The van der Waals surface area contributed by atoms with Gasteiger partial charge < -0.3 is 5.32 Å². The van der Waals surface area contributed by atoms with E-state index < -0.39 is 0 Å². The Labute approximate surface area is 135 Å². The average molecular weight is 350 g/mol. The van der Waals surface area contributed by atoms with Crippen molar-refractivity contribution in [3.63, 3.8) is 0 Å². The van der Waals surface area contributed by atoms with Gasteiger partial charge in [0.1, 0.15) is 0 Å². The van der Waals surface area contributed by atoms with Crippen molar-refractivity contribution >= 4 is 15.9 Å². The highest BCUT2D eigenvalue weighted by Crippen LogP contribution is 2.28. The number of hydrogen-bond acceptors (Lipinski definition) is 2. The number of rotatable bonds is 5. The van der Waals surface area contributed by atoms with E-state index in [9.17, 15) is 0 Å². The number of halogens is 1. The van der Waals surface area contributed by atoms with Crippen LogP contribution in [-0.2, 0) is 6.42 Å². The summed E-state index contributed by atoms with van der Waals surface area (Å²) in [5, 5.41) is 7.93. The molecular formula is C17H24BrN3. The molecule has 1 aromatic carbocycles. The van der Waals surface area contributed by atoms with Crippen LogP contribution in [-0.4, -0.2) is 16.8 Å². The van der Waals surface area contributed by atoms with Gasteiger partial charge in [-0.1, -0.05) is 29.3 Å². The molecule has 0 aliphatic carbocycles. The number of benzene rings is 1. The van der Waals surface area contributed by atoms with Crippen LogP contribution >= 0.6 is 15.9 Å². The van der Waals surface area contributed by atoms with Crippen LogP contribution in [0.3, 0.4) is 0 Å². The van der Waals surface area contributed by atoms with Gasteiger partial charge in [-0.15, -0.1) is 0 Å². The van der Waals surface area contributed by atoms with E-state index in [1.54, 1.807) is 0 Å². The molecule has 0 bridgehead atoms. The minimum atomic E-state index is 0.241. The first-order chi connectivity index (χ1) is 9.92. The van der Waals surface area contributed by atoms with Crippen molar-refractivity contribution in [2.24, 2.45) is 0 Å². The van der Waals surface area contributed by atoms with Crippen molar-refractivity contribution in [3.05, 3.63) is 51.3 Å². The molecule has 3 nitrogen and oxygen atoms in total. The monoisotopic (exact) mass is 349 g/mol. The van der Waals surface area contributed by atoms with Crippen molar-refractivity contribution in [1.29, 1.82) is 0 Å². The SMILES string of the molecule is CNC(Cc1cc(C)cc(C)c1)c1c(Br)cnn1C(C)C. The standard InChI is InChI=1S/C17H24BrN3/c1-11(2)21-17(15(18)10-20-21)16(19-5)9-14-7-12(3)6-13(4)8-14/h6-8,10-11,16,19H,9H2,1-5H3. The van der Waals surface area contributed by atoms with Gasteiger partial charge >= 0.3 is 0 Å². The molecule has 1 unspecified atom stereocenters. The van der Waals surface area contributed by atoms with Crippen molar-refractivity contribution < 1.29 is 0 Å². The smallest absolute Gasteiger partial charge is 0.0702 e. The van der Waals surface area contributed by atoms with Gasteiger partial charge in [-0.05, 0) is 62.7 Å². The average Bonchev–Trinajstić information content (AvgIpc) is 2.77. The molecule has 2 rings (SSSR count). The highest BCUT2D eigenvalue weighted by Gasteiger charge is 2.20. The molecular weight excluding hydrogens is 326 g/mol. The van der Waals surface area contributed by atoms with Gasteiger partial charge in [0.15, 0.2) is 0 Å². The van der Waals surface area contributed by atoms with Gasteiger partial charge in [-0.3, -0.25) is 4.68 Å². The highest BCUT2D eigenvalue weighted by molar-refractivity contribution is 9.10. The third-order valence-corrected chi connectivity index (χ3v) is 4.29. The topological polar surface area (TPSA) is 29.9 Å². The molecule has 0 spiro atoms. The number of nitrogens with one attached hydrogen (secondary N) is 1. The van der Waals surface area contributed by atoms with Gasteiger partial charge in [-0.2, -0.15) is 5.10 Å². The second-order valence-corrected chi connectivity index (χ2v) is 6.81. The number of nitrogens with zero attached hydrogens (tertiary/aromatic N) is 2. The van der Waals surface area contributed by atoms with E-state index in [4.69, 9.17) is 0 Å². The normalized spacial score (nSPS) is 12.9. The molecule has 4 heteroatoms. The molecule has 1 N–H and O–H groups in total. The summed E-state index contributed by atoms with van der Waals surface area (Å²) in [5.41, 5.74) is 5.20. The van der Waals surface area contributed by atoms with E-state index in [1.165, 1.54) is 22.4 Å². The summed E-state index contributed by atoms with van der Waals surface area (Å²) in [5.74, 6) is 0. The van der Waals surface area contributed by atoms with Crippen LogP contribution in [0, 0.1) is 13.8 Å². The first-order valence-electron chi connectivity index (χ1n) is 7.39. The fourth-order valence-electron chi connectivity index (χ4n) is 2.85. The van der Waals surface area contributed by atoms with Crippen LogP contribution in [0.1, 0.15) is 48.3 Å². The molecule has 0 radical (unpaired) electrons. The van der Waals surface area contributed by atoms with Crippen LogP contribution in [0.15, 0.2) is 28.9 Å². The Morgan fingerprint density at radius 2 is 1.81 bits per heavy atom. The van der Waals surface area contributed by atoms with Gasteiger partial charge in [0.25, 0.3) is 0 Å². The van der Waals surface area contributed by atoms with E-state index >= 15 is 0 Å². The Hall–Kier alpha value is -1.13. The number of aromatic nitrogens is 2. The van der Waals surface area contributed by atoms with Crippen molar-refractivity contribution in [3.8, 4) is 0 Å². The van der Waals surface area contributed by atoms with Gasteiger partial charge in [0.05, 0.1) is 22.4 Å². The molecule has 114 valence electrons. The molecule has 21 heavy (non-hydrogen) atoms. The largest absolute Gasteiger partial charge is 0.311 e. The fourth-order valence-corrected chi connectivity index (χ4v) is 3.40. The number of hydrogen-bond donors (Lipinski definition) is 1. The molecule has 1 heterocycles. The van der Waals surface area contributed by atoms with Gasteiger partial charge in [0.2, 0.25) is 0 Å². The van der Waals surface area contributed by atoms with Crippen LogP contribution in [0.4, 0.5) is 0 Å². The Bertz CT molecular complexity index is 596. The van der Waals surface area contributed by atoms with E-state index in [0.29, 0.717) is 6.04 Å². The van der Waals surface area contributed by atoms with Crippen molar-refractivity contribution in [1.82, 2.24) is 15.1 Å². The summed E-state index contributed by atoms with van der Waals surface area (Å²) in [7, 11) is 2.01. The maximum absolute atomic E-state index is 4.49. The first kappa shape index (κ1) is 16.2. The second-order valence-electron chi connectivity index (χ2n) is 5.96. The summed E-state index contributed by atoms with van der Waals surface area (Å²) in [4.78, 5) is 0. The lowest BCUT2D eigenvalue weighted by Crippen LogP contribution is -2.23. The Morgan fingerprint density at radius 1 is 1.19 bits per heavy atom. The quantitative estimate of drug-likeness (QED) is 0.869. The summed E-state index contributed by atoms with van der Waals surface area (Å²) in [6.45, 7) is 8.62. The van der Waals surface area contributed by atoms with E-state index in [2.05, 4.69) is 76.9 Å². The minimum absolute atomic E-state index is 0.241. The van der Waals surface area contributed by atoms with Crippen LogP contribution in [0.5, 0.6) is 0 Å². The summed E-state index contributed by atoms with van der Waals surface area (Å²) < 4.78 is 3.16. The Morgan fingerprint density at radius 3 is 2.33 bits per heavy atom. The predicted molar refractivity (Wildman–Crippen MR) is 91.7 cm³/mol. The van der Waals surface area contributed by atoms with Gasteiger partial charge in [0, 0.05) is 6.04 Å². The van der Waals surface area contributed by atoms with E-state index in [1.807, 2.05) is 13.2 Å². The van der Waals surface area contributed by atoms with Crippen LogP contribution < -0.4 is 5.32 Å². The van der Waals surface area contributed by atoms with Crippen molar-refractivity contribution in [2.75, 3.05) is 7.05 Å². The Balaban J connectivity index is 2.34. The second kappa shape index (κ2) is 6.75. The maximum atomic E-state index is 4.49. The van der Waals surface area contributed by atoms with Gasteiger partial charge in [-0.25, -0.2) is 0 Å². The number of aryl methyl sites for hydroxylation is 2. The molecule has 0 aliphatic heterocycles. The third kappa shape index (κ3) is 3.74. The lowest BCUT2D eigenvalue weighted by molar-refractivity contribution is 0.458. The summed E-state index contributed by atoms with van der Waals surface area (Å²) in [6.07, 6.45) is 2.84. The van der Waals surface area contributed by atoms with Crippen molar-refractivity contribution in [2.45, 2.75) is 46.2 Å². The predicted octanol–water partition coefficient (Wildman–Crippen LogP) is 4.35. The summed E-state index contributed by atoms with van der Waals surface area (Å²) >= 11 is 3.65. The lowest BCUT2D eigenvalue weighted by Gasteiger charge is -2.21. The molecule has 0 aliphatic rings. The van der Waals surface area contributed by atoms with E-state index in [-0.39, 0.29) is 6.04 Å². The summed E-state index contributed by atoms with van der Waals surface area (Å²) in [6, 6.07) is 7.33. The third-order valence-electron chi connectivity index (χ3n) is 3.68. The zero-order valence-electron chi connectivity index (χ0n) is 13.4. The first-order valence-corrected chi connectivity index (χ1v) is 8.19.